The van der Waals surface area contributed by atoms with Gasteiger partial charge in [0.1, 0.15) is 6.17 Å². The smallest absolute Gasteiger partial charge is 0.244 e. The highest BCUT2D eigenvalue weighted by Crippen LogP contribution is 2.21. The van der Waals surface area contributed by atoms with Gasteiger partial charge in [-0.25, -0.2) is 26.3 Å². The normalized spacial score (nSPS) is 22.0. The summed E-state index contributed by atoms with van der Waals surface area (Å²) in [5, 5.41) is 0. The Morgan fingerprint density at radius 1 is 0.667 bits per heavy atom. The Balaban J connectivity index is 4.08. The van der Waals surface area contributed by atoms with Crippen LogP contribution in [0, 0.1) is 0 Å². The molecule has 0 spiro atoms. The highest BCUT2D eigenvalue weighted by atomic mass is 19.3. The summed E-state index contributed by atoms with van der Waals surface area (Å²) >= 11 is 0. The molecule has 0 bridgehead atoms. The first kappa shape index (κ1) is 11.6. The van der Waals surface area contributed by atoms with E-state index in [0.29, 0.717) is 6.92 Å². The van der Waals surface area contributed by atoms with Crippen molar-refractivity contribution >= 4 is 0 Å². The van der Waals surface area contributed by atoms with Crippen molar-refractivity contribution in [1.82, 2.24) is 0 Å². The van der Waals surface area contributed by atoms with Gasteiger partial charge < -0.3 is 0 Å². The molecule has 6 heteroatoms. The summed E-state index contributed by atoms with van der Waals surface area (Å²) in [4.78, 5) is 0. The van der Waals surface area contributed by atoms with Crippen molar-refractivity contribution in [2.45, 2.75) is 38.0 Å². The van der Waals surface area contributed by atoms with Crippen molar-refractivity contribution in [2.75, 3.05) is 0 Å². The van der Waals surface area contributed by atoms with Crippen molar-refractivity contribution in [2.24, 2.45) is 0 Å². The largest absolute Gasteiger partial charge is 0.272 e. The SMILES string of the molecule is CC(F)C(F)C(F)C(F)C(F)F. The van der Waals surface area contributed by atoms with E-state index in [1.54, 1.807) is 0 Å². The fourth-order valence-corrected chi connectivity index (χ4v) is 0.568. The second kappa shape index (κ2) is 4.57. The number of alkyl halides is 6. The Morgan fingerprint density at radius 2 is 1.08 bits per heavy atom. The maximum absolute atomic E-state index is 12.2. The quantitative estimate of drug-likeness (QED) is 0.603. The third-order valence-corrected chi connectivity index (χ3v) is 1.29. The summed E-state index contributed by atoms with van der Waals surface area (Å²) < 4.78 is 71.2. The molecule has 0 fully saturated rings. The zero-order valence-corrected chi connectivity index (χ0v) is 6.15. The summed E-state index contributed by atoms with van der Waals surface area (Å²) in [6.07, 6.45) is -15.1. The summed E-state index contributed by atoms with van der Waals surface area (Å²) in [5.41, 5.74) is 0. The van der Waals surface area contributed by atoms with E-state index in [-0.39, 0.29) is 0 Å². The van der Waals surface area contributed by atoms with E-state index in [0.717, 1.165) is 0 Å². The van der Waals surface area contributed by atoms with Gasteiger partial charge in [0, 0.05) is 0 Å². The molecule has 0 N–H and O–H groups in total. The summed E-state index contributed by atoms with van der Waals surface area (Å²) in [6.45, 7) is 0.634. The van der Waals surface area contributed by atoms with Crippen molar-refractivity contribution in [1.29, 1.82) is 0 Å². The van der Waals surface area contributed by atoms with Gasteiger partial charge in [-0.05, 0) is 6.92 Å². The highest BCUT2D eigenvalue weighted by Gasteiger charge is 2.38. The van der Waals surface area contributed by atoms with E-state index < -0.39 is 31.1 Å². The maximum atomic E-state index is 12.2. The topological polar surface area (TPSA) is 0 Å². The number of rotatable bonds is 4. The summed E-state index contributed by atoms with van der Waals surface area (Å²) in [5.74, 6) is 0. The van der Waals surface area contributed by atoms with Gasteiger partial charge in [-0.2, -0.15) is 0 Å². The van der Waals surface area contributed by atoms with Crippen LogP contribution in [0.3, 0.4) is 0 Å². The third-order valence-electron chi connectivity index (χ3n) is 1.29. The molecule has 0 saturated heterocycles. The summed E-state index contributed by atoms with van der Waals surface area (Å²) in [7, 11) is 0. The van der Waals surface area contributed by atoms with E-state index in [1.165, 1.54) is 0 Å². The van der Waals surface area contributed by atoms with Crippen LogP contribution in [0.1, 0.15) is 6.92 Å². The molecule has 0 aliphatic rings. The molecule has 0 aromatic rings. The van der Waals surface area contributed by atoms with Crippen molar-refractivity contribution in [3.8, 4) is 0 Å². The van der Waals surface area contributed by atoms with Crippen LogP contribution in [-0.4, -0.2) is 31.1 Å². The average Bonchev–Trinajstić information content (AvgIpc) is 2.00. The first-order valence-electron chi connectivity index (χ1n) is 3.22. The van der Waals surface area contributed by atoms with E-state index in [9.17, 15) is 26.3 Å². The van der Waals surface area contributed by atoms with Crippen molar-refractivity contribution in [3.63, 3.8) is 0 Å². The van der Waals surface area contributed by atoms with Gasteiger partial charge in [0.2, 0.25) is 0 Å². The fourth-order valence-electron chi connectivity index (χ4n) is 0.568. The van der Waals surface area contributed by atoms with Crippen LogP contribution >= 0.6 is 0 Å². The Hall–Kier alpha value is -0.420. The number of hydrogen-bond donors (Lipinski definition) is 0. The molecule has 0 radical (unpaired) electrons. The van der Waals surface area contributed by atoms with Crippen LogP contribution < -0.4 is 0 Å². The predicted octanol–water partition coefficient (Wildman–Crippen LogP) is 2.62. The lowest BCUT2D eigenvalue weighted by Gasteiger charge is -2.17. The molecular formula is C6H8F6. The monoisotopic (exact) mass is 194 g/mol. The molecule has 0 amide bonds. The van der Waals surface area contributed by atoms with Gasteiger partial charge in [0.15, 0.2) is 18.5 Å². The molecule has 0 aliphatic carbocycles. The first-order chi connectivity index (χ1) is 5.37. The number of halogens is 6. The van der Waals surface area contributed by atoms with Gasteiger partial charge in [-0.15, -0.1) is 0 Å². The Bertz CT molecular complexity index is 111. The zero-order valence-electron chi connectivity index (χ0n) is 6.15. The Labute approximate surface area is 65.6 Å². The van der Waals surface area contributed by atoms with E-state index in [1.807, 2.05) is 0 Å². The molecule has 4 unspecified atom stereocenters. The standard InChI is InChI=1S/C6H8F6/c1-2(7)3(8)4(9)5(10)6(11)12/h2-6H,1H3. The van der Waals surface area contributed by atoms with Gasteiger partial charge >= 0.3 is 0 Å². The van der Waals surface area contributed by atoms with Crippen LogP contribution in [-0.2, 0) is 0 Å². The molecule has 0 aliphatic heterocycles. The minimum atomic E-state index is -3.63. The molecule has 0 heterocycles. The number of hydrogen-bond acceptors (Lipinski definition) is 0. The van der Waals surface area contributed by atoms with Gasteiger partial charge in [-0.3, -0.25) is 0 Å². The van der Waals surface area contributed by atoms with E-state index in [4.69, 9.17) is 0 Å². The van der Waals surface area contributed by atoms with Crippen LogP contribution in [0.2, 0.25) is 0 Å². The minimum Gasteiger partial charge on any atom is -0.244 e. The predicted molar refractivity (Wildman–Crippen MR) is 31.3 cm³/mol. The molecular weight excluding hydrogens is 186 g/mol. The first-order valence-corrected chi connectivity index (χ1v) is 3.22. The zero-order chi connectivity index (χ0) is 9.89. The second-order valence-electron chi connectivity index (χ2n) is 2.35. The van der Waals surface area contributed by atoms with Crippen LogP contribution in [0.4, 0.5) is 26.3 Å². The molecule has 0 aromatic heterocycles. The van der Waals surface area contributed by atoms with Crippen molar-refractivity contribution < 1.29 is 26.3 Å². The third kappa shape index (κ3) is 2.91. The van der Waals surface area contributed by atoms with Crippen LogP contribution in [0.25, 0.3) is 0 Å². The molecule has 12 heavy (non-hydrogen) atoms. The molecule has 74 valence electrons. The lowest BCUT2D eigenvalue weighted by molar-refractivity contribution is -0.0373. The fraction of sp³-hybridized carbons (Fsp3) is 1.00. The maximum Gasteiger partial charge on any atom is 0.272 e. The van der Waals surface area contributed by atoms with Gasteiger partial charge in [-0.1, -0.05) is 0 Å². The van der Waals surface area contributed by atoms with E-state index in [2.05, 4.69) is 0 Å². The van der Waals surface area contributed by atoms with Gasteiger partial charge in [0.25, 0.3) is 6.43 Å². The average molecular weight is 194 g/mol. The summed E-state index contributed by atoms with van der Waals surface area (Å²) in [6, 6.07) is 0. The lowest BCUT2D eigenvalue weighted by Crippen LogP contribution is -2.37. The second-order valence-corrected chi connectivity index (χ2v) is 2.35. The Morgan fingerprint density at radius 3 is 1.33 bits per heavy atom. The lowest BCUT2D eigenvalue weighted by atomic mass is 10.1. The molecule has 4 atom stereocenters. The highest BCUT2D eigenvalue weighted by molar-refractivity contribution is 4.81. The molecule has 0 nitrogen and oxygen atoms in total. The van der Waals surface area contributed by atoms with Crippen molar-refractivity contribution in [3.05, 3.63) is 0 Å². The minimum absolute atomic E-state index is 0.634. The van der Waals surface area contributed by atoms with Crippen LogP contribution in [0.5, 0.6) is 0 Å². The molecule has 0 rings (SSSR count). The van der Waals surface area contributed by atoms with Gasteiger partial charge in [0.05, 0.1) is 0 Å². The van der Waals surface area contributed by atoms with E-state index >= 15 is 0 Å². The molecule has 0 aromatic carbocycles. The Kier molecular flexibility index (Phi) is 4.41. The van der Waals surface area contributed by atoms with Crippen LogP contribution in [0.15, 0.2) is 0 Å². The molecule has 0 saturated carbocycles.